The largest absolute Gasteiger partial charge is 0.507 e. The first kappa shape index (κ1) is 20.4. The first-order chi connectivity index (χ1) is 15.0. The quantitative estimate of drug-likeness (QED) is 0.544. The number of carbonyl (C=O) groups is 2. The number of carbonyl (C=O) groups excluding carboxylic acids is 2. The van der Waals surface area contributed by atoms with Gasteiger partial charge in [-0.2, -0.15) is 5.10 Å². The van der Waals surface area contributed by atoms with Gasteiger partial charge < -0.3 is 5.11 Å². The van der Waals surface area contributed by atoms with Crippen molar-refractivity contribution in [1.82, 2.24) is 10.9 Å². The van der Waals surface area contributed by atoms with Crippen LogP contribution in [-0.4, -0.2) is 22.6 Å². The summed E-state index contributed by atoms with van der Waals surface area (Å²) in [6.45, 7) is 0. The first-order valence-corrected chi connectivity index (χ1v) is 9.96. The summed E-state index contributed by atoms with van der Waals surface area (Å²) >= 11 is 5.87. The van der Waals surface area contributed by atoms with Crippen LogP contribution >= 0.6 is 11.6 Å². The molecule has 1 heterocycles. The summed E-state index contributed by atoms with van der Waals surface area (Å²) in [6.07, 6.45) is 0.364. The van der Waals surface area contributed by atoms with Gasteiger partial charge in [0.1, 0.15) is 11.5 Å². The molecule has 31 heavy (non-hydrogen) atoms. The van der Waals surface area contributed by atoms with E-state index in [9.17, 15) is 14.7 Å². The molecular formula is C23H19ClN4O3. The Kier molecular flexibility index (Phi) is 5.86. The van der Waals surface area contributed by atoms with Gasteiger partial charge in [-0.15, -0.1) is 0 Å². The highest BCUT2D eigenvalue weighted by Crippen LogP contribution is 2.35. The Morgan fingerprint density at radius 2 is 1.58 bits per heavy atom. The van der Waals surface area contributed by atoms with Gasteiger partial charge in [0.2, 0.25) is 0 Å². The number of anilines is 1. The molecule has 0 fully saturated rings. The molecule has 0 radical (unpaired) electrons. The predicted molar refractivity (Wildman–Crippen MR) is 119 cm³/mol. The zero-order chi connectivity index (χ0) is 21.8. The van der Waals surface area contributed by atoms with Crippen LogP contribution in [0.2, 0.25) is 5.02 Å². The van der Waals surface area contributed by atoms with Gasteiger partial charge in [0.25, 0.3) is 11.8 Å². The molecule has 3 aromatic rings. The van der Waals surface area contributed by atoms with Gasteiger partial charge >= 0.3 is 0 Å². The molecular weight excluding hydrogens is 416 g/mol. The van der Waals surface area contributed by atoms with Gasteiger partial charge in [-0.1, -0.05) is 60.1 Å². The molecule has 1 aliphatic heterocycles. The van der Waals surface area contributed by atoms with Crippen LogP contribution < -0.4 is 15.9 Å². The number of amides is 2. The van der Waals surface area contributed by atoms with Gasteiger partial charge in [-0.25, -0.2) is 0 Å². The van der Waals surface area contributed by atoms with E-state index in [1.165, 1.54) is 18.2 Å². The number of nitrogens with zero attached hydrogens (tertiary/aromatic N) is 2. The number of halogens is 1. The molecule has 0 saturated carbocycles. The summed E-state index contributed by atoms with van der Waals surface area (Å²) in [4.78, 5) is 25.0. The molecule has 1 aliphatic rings. The Balaban J connectivity index is 1.51. The Morgan fingerprint density at radius 3 is 2.29 bits per heavy atom. The second-order valence-electron chi connectivity index (χ2n) is 6.93. The number of aromatic hydroxyl groups is 1. The van der Waals surface area contributed by atoms with E-state index in [2.05, 4.69) is 16.0 Å². The van der Waals surface area contributed by atoms with Crippen LogP contribution in [-0.2, 0) is 4.79 Å². The molecule has 0 bridgehead atoms. The van der Waals surface area contributed by atoms with Gasteiger partial charge in [0.15, 0.2) is 0 Å². The Hall–Kier alpha value is -3.84. The maximum absolute atomic E-state index is 12.7. The summed E-state index contributed by atoms with van der Waals surface area (Å²) in [5, 5.41) is 16.4. The second kappa shape index (κ2) is 8.89. The smallest absolute Gasteiger partial charge is 0.285 e. The number of phenols is 1. The Labute approximate surface area is 183 Å². The maximum Gasteiger partial charge on any atom is 0.285 e. The molecule has 3 N–H and O–H groups in total. The first-order valence-electron chi connectivity index (χ1n) is 9.59. The third-order valence-corrected chi connectivity index (χ3v) is 5.11. The third-order valence-electron chi connectivity index (χ3n) is 4.87. The molecule has 156 valence electrons. The van der Waals surface area contributed by atoms with Gasteiger partial charge in [-0.05, 0) is 35.9 Å². The molecule has 4 rings (SSSR count). The minimum absolute atomic E-state index is 0.0470. The van der Waals surface area contributed by atoms with Crippen LogP contribution in [0.15, 0.2) is 84.0 Å². The van der Waals surface area contributed by atoms with Crippen LogP contribution in [0.3, 0.4) is 0 Å². The van der Waals surface area contributed by atoms with Crippen molar-refractivity contribution in [2.45, 2.75) is 12.5 Å². The topological polar surface area (TPSA) is 94.0 Å². The van der Waals surface area contributed by atoms with Gasteiger partial charge in [-0.3, -0.25) is 25.4 Å². The second-order valence-corrected chi connectivity index (χ2v) is 7.36. The van der Waals surface area contributed by atoms with E-state index < -0.39 is 11.8 Å². The normalized spacial score (nSPS) is 15.3. The van der Waals surface area contributed by atoms with Gasteiger partial charge in [0, 0.05) is 11.4 Å². The van der Waals surface area contributed by atoms with E-state index in [4.69, 9.17) is 11.6 Å². The summed E-state index contributed by atoms with van der Waals surface area (Å²) in [6, 6.07) is 23.3. The molecule has 1 unspecified atom stereocenters. The van der Waals surface area contributed by atoms with Crippen molar-refractivity contribution in [1.29, 1.82) is 0 Å². The number of benzene rings is 3. The number of phenolic OH excluding ortho intramolecular Hbond substituents is 1. The van der Waals surface area contributed by atoms with E-state index in [1.807, 2.05) is 60.7 Å². The van der Waals surface area contributed by atoms with Crippen LogP contribution in [0.4, 0.5) is 5.69 Å². The molecule has 2 amide bonds. The average molecular weight is 435 g/mol. The molecule has 8 heteroatoms. The van der Waals surface area contributed by atoms with Crippen molar-refractivity contribution in [3.05, 3.63) is 95.0 Å². The lowest BCUT2D eigenvalue weighted by atomic mass is 10.0. The number of hydrogen-bond acceptors (Lipinski definition) is 5. The van der Waals surface area contributed by atoms with Crippen molar-refractivity contribution < 1.29 is 14.7 Å². The average Bonchev–Trinajstić information content (AvgIpc) is 3.26. The number of rotatable bonds is 4. The lowest BCUT2D eigenvalue weighted by molar-refractivity contribution is -0.115. The third kappa shape index (κ3) is 4.51. The van der Waals surface area contributed by atoms with Crippen LogP contribution in [0.5, 0.6) is 5.75 Å². The standard InChI is InChI=1S/C23H19ClN4O3/c24-16-11-12-21(29)18(13-16)22(30)25-26-23(31)19-14-20(15-7-3-1-4-8-15)28(27-19)17-9-5-2-6-10-17/h1-13,20,29H,14H2,(H,25,30)(H,26,31). The SMILES string of the molecule is O=C(NNC(=O)c1cc(Cl)ccc1O)C1=NN(c2ccccc2)C(c2ccccc2)C1. The lowest BCUT2D eigenvalue weighted by Gasteiger charge is -2.23. The zero-order valence-corrected chi connectivity index (χ0v) is 17.1. The molecule has 3 aromatic carbocycles. The van der Waals surface area contributed by atoms with Crippen LogP contribution in [0, 0.1) is 0 Å². The predicted octanol–water partition coefficient (Wildman–Crippen LogP) is 3.81. The molecule has 7 nitrogen and oxygen atoms in total. The molecule has 1 atom stereocenters. The van der Waals surface area contributed by atoms with E-state index in [0.717, 1.165) is 11.3 Å². The van der Waals surface area contributed by atoms with E-state index in [0.29, 0.717) is 11.4 Å². The highest BCUT2D eigenvalue weighted by Gasteiger charge is 2.32. The molecule has 0 spiro atoms. The number of nitrogens with one attached hydrogen (secondary N) is 2. The molecule has 0 saturated heterocycles. The lowest BCUT2D eigenvalue weighted by Crippen LogP contribution is -2.44. The van der Waals surface area contributed by atoms with Gasteiger partial charge in [0.05, 0.1) is 17.3 Å². The summed E-state index contributed by atoms with van der Waals surface area (Å²) < 4.78 is 0. The number of hydrazine groups is 1. The fraction of sp³-hybridized carbons (Fsp3) is 0.0870. The van der Waals surface area contributed by atoms with Crippen molar-refractivity contribution in [2.24, 2.45) is 5.10 Å². The van der Waals surface area contributed by atoms with E-state index in [-0.39, 0.29) is 23.1 Å². The highest BCUT2D eigenvalue weighted by atomic mass is 35.5. The maximum atomic E-state index is 12.7. The minimum atomic E-state index is -0.688. The number of para-hydroxylation sites is 1. The number of hydrazone groups is 1. The molecule has 0 aliphatic carbocycles. The monoisotopic (exact) mass is 434 g/mol. The number of hydrogen-bond donors (Lipinski definition) is 3. The van der Waals surface area contributed by atoms with E-state index in [1.54, 1.807) is 5.01 Å². The fourth-order valence-electron chi connectivity index (χ4n) is 3.34. The van der Waals surface area contributed by atoms with Crippen molar-refractivity contribution in [3.8, 4) is 5.75 Å². The van der Waals surface area contributed by atoms with E-state index >= 15 is 0 Å². The van der Waals surface area contributed by atoms with Crippen molar-refractivity contribution in [2.75, 3.05) is 5.01 Å². The Bertz CT molecular complexity index is 1140. The fourth-order valence-corrected chi connectivity index (χ4v) is 3.52. The van der Waals surface area contributed by atoms with Crippen molar-refractivity contribution >= 4 is 34.8 Å². The minimum Gasteiger partial charge on any atom is -0.507 e. The highest BCUT2D eigenvalue weighted by molar-refractivity contribution is 6.40. The van der Waals surface area contributed by atoms with Crippen LogP contribution in [0.1, 0.15) is 28.4 Å². The summed E-state index contributed by atoms with van der Waals surface area (Å²) in [5.41, 5.74) is 6.76. The van der Waals surface area contributed by atoms with Crippen LogP contribution in [0.25, 0.3) is 0 Å². The zero-order valence-electron chi connectivity index (χ0n) is 16.3. The molecule has 0 aromatic heterocycles. The van der Waals surface area contributed by atoms with Crippen molar-refractivity contribution in [3.63, 3.8) is 0 Å². The summed E-state index contributed by atoms with van der Waals surface area (Å²) in [7, 11) is 0. The Morgan fingerprint density at radius 1 is 0.935 bits per heavy atom. The summed E-state index contributed by atoms with van der Waals surface area (Å²) in [5.74, 6) is -1.46.